The summed E-state index contributed by atoms with van der Waals surface area (Å²) in [5, 5.41) is 0. The van der Waals surface area contributed by atoms with Crippen molar-refractivity contribution >= 4 is 33.1 Å². The van der Waals surface area contributed by atoms with Crippen LogP contribution in [0.1, 0.15) is 15.9 Å². The zero-order chi connectivity index (χ0) is 12.4. The number of carbonyl (C=O) groups excluding carboxylic acids is 1. The Morgan fingerprint density at radius 1 is 1.00 bits per heavy atom. The van der Waals surface area contributed by atoms with Gasteiger partial charge in [0.1, 0.15) is 0 Å². The van der Waals surface area contributed by atoms with Gasteiger partial charge in [-0.25, -0.2) is 0 Å². The van der Waals surface area contributed by atoms with E-state index in [1.54, 1.807) is 42.5 Å². The third kappa shape index (κ3) is 2.47. The van der Waals surface area contributed by atoms with Crippen molar-refractivity contribution in [2.24, 2.45) is 0 Å². The van der Waals surface area contributed by atoms with E-state index in [0.29, 0.717) is 27.0 Å². The number of carbonyl (C=O) groups is 1. The van der Waals surface area contributed by atoms with Crippen LogP contribution in [0.25, 0.3) is 0 Å². The topological polar surface area (TPSA) is 69.1 Å². The van der Waals surface area contributed by atoms with E-state index >= 15 is 0 Å². The molecule has 2 aromatic rings. The highest BCUT2D eigenvalue weighted by Gasteiger charge is 2.12. The molecule has 3 nitrogen and oxygen atoms in total. The van der Waals surface area contributed by atoms with Gasteiger partial charge in [0.25, 0.3) is 0 Å². The van der Waals surface area contributed by atoms with Crippen LogP contribution in [0.3, 0.4) is 0 Å². The first-order valence-electron chi connectivity index (χ1n) is 5.03. The number of rotatable bonds is 2. The standard InChI is InChI=1S/C13H11BrN2O/c14-12-7-10(16)4-5-11(12)13(17)8-2-1-3-9(15)6-8/h1-7H,15-16H2. The third-order valence-electron chi connectivity index (χ3n) is 2.39. The van der Waals surface area contributed by atoms with E-state index in [0.717, 1.165) is 0 Å². The van der Waals surface area contributed by atoms with Crippen LogP contribution < -0.4 is 11.5 Å². The van der Waals surface area contributed by atoms with Crippen LogP contribution in [0.5, 0.6) is 0 Å². The molecule has 0 aliphatic rings. The van der Waals surface area contributed by atoms with Gasteiger partial charge < -0.3 is 11.5 Å². The zero-order valence-corrected chi connectivity index (χ0v) is 10.6. The summed E-state index contributed by atoms with van der Waals surface area (Å²) in [4.78, 5) is 12.2. The number of nitrogens with two attached hydrogens (primary N) is 2. The van der Waals surface area contributed by atoms with E-state index in [1.807, 2.05) is 0 Å². The third-order valence-corrected chi connectivity index (χ3v) is 3.04. The number of benzene rings is 2. The Hall–Kier alpha value is -1.81. The molecule has 0 atom stereocenters. The largest absolute Gasteiger partial charge is 0.399 e. The second-order valence-corrected chi connectivity index (χ2v) is 4.55. The van der Waals surface area contributed by atoms with E-state index in [-0.39, 0.29) is 5.78 Å². The van der Waals surface area contributed by atoms with Gasteiger partial charge in [0.05, 0.1) is 0 Å². The number of ketones is 1. The Balaban J connectivity index is 2.44. The molecular weight excluding hydrogens is 280 g/mol. The molecule has 0 aromatic heterocycles. The fourth-order valence-electron chi connectivity index (χ4n) is 1.55. The van der Waals surface area contributed by atoms with Crippen LogP contribution in [0.15, 0.2) is 46.9 Å². The maximum atomic E-state index is 12.2. The smallest absolute Gasteiger partial charge is 0.194 e. The molecule has 2 aromatic carbocycles. The second kappa shape index (κ2) is 4.59. The minimum absolute atomic E-state index is 0.0795. The highest BCUT2D eigenvalue weighted by molar-refractivity contribution is 9.10. The minimum atomic E-state index is -0.0795. The molecule has 4 heteroatoms. The lowest BCUT2D eigenvalue weighted by atomic mass is 10.0. The van der Waals surface area contributed by atoms with Gasteiger partial charge in [-0.05, 0) is 46.3 Å². The predicted molar refractivity (Wildman–Crippen MR) is 72.8 cm³/mol. The molecule has 86 valence electrons. The van der Waals surface area contributed by atoms with Crippen LogP contribution in [-0.4, -0.2) is 5.78 Å². The van der Waals surface area contributed by atoms with Gasteiger partial charge in [0.2, 0.25) is 0 Å². The van der Waals surface area contributed by atoms with Crippen molar-refractivity contribution < 1.29 is 4.79 Å². The average molecular weight is 291 g/mol. The molecule has 17 heavy (non-hydrogen) atoms. The maximum Gasteiger partial charge on any atom is 0.194 e. The first-order valence-corrected chi connectivity index (χ1v) is 5.82. The molecular formula is C13H11BrN2O. The fourth-order valence-corrected chi connectivity index (χ4v) is 2.13. The molecule has 0 saturated carbocycles. The molecule has 0 aliphatic carbocycles. The molecule has 0 spiro atoms. The number of halogens is 1. The SMILES string of the molecule is Nc1cccc(C(=O)c2ccc(N)cc2Br)c1. The van der Waals surface area contributed by atoms with E-state index in [2.05, 4.69) is 15.9 Å². The summed E-state index contributed by atoms with van der Waals surface area (Å²) >= 11 is 3.33. The lowest BCUT2D eigenvalue weighted by molar-refractivity contribution is 0.103. The summed E-state index contributed by atoms with van der Waals surface area (Å²) in [6.45, 7) is 0. The number of nitrogen functional groups attached to an aromatic ring is 2. The molecule has 0 unspecified atom stereocenters. The van der Waals surface area contributed by atoms with Crippen LogP contribution >= 0.6 is 15.9 Å². The second-order valence-electron chi connectivity index (χ2n) is 3.69. The molecule has 0 heterocycles. The molecule has 0 aliphatic heterocycles. The number of anilines is 2. The summed E-state index contributed by atoms with van der Waals surface area (Å²) in [6, 6.07) is 12.0. The van der Waals surface area contributed by atoms with Gasteiger partial charge in [-0.2, -0.15) is 0 Å². The Labute approximate surface area is 108 Å². The van der Waals surface area contributed by atoms with Crippen LogP contribution in [0.2, 0.25) is 0 Å². The molecule has 0 amide bonds. The Kier molecular flexibility index (Phi) is 3.15. The lowest BCUT2D eigenvalue weighted by Crippen LogP contribution is -2.03. The summed E-state index contributed by atoms with van der Waals surface area (Å²) in [6.07, 6.45) is 0. The Morgan fingerprint density at radius 2 is 1.71 bits per heavy atom. The van der Waals surface area contributed by atoms with Crippen molar-refractivity contribution in [2.45, 2.75) is 0 Å². The van der Waals surface area contributed by atoms with E-state index < -0.39 is 0 Å². The first-order chi connectivity index (χ1) is 8.08. The Morgan fingerprint density at radius 3 is 2.35 bits per heavy atom. The monoisotopic (exact) mass is 290 g/mol. The molecule has 0 saturated heterocycles. The highest BCUT2D eigenvalue weighted by atomic mass is 79.9. The van der Waals surface area contributed by atoms with E-state index in [1.165, 1.54) is 0 Å². The molecule has 0 bridgehead atoms. The fraction of sp³-hybridized carbons (Fsp3) is 0. The van der Waals surface area contributed by atoms with Crippen molar-refractivity contribution in [3.8, 4) is 0 Å². The first kappa shape index (κ1) is 11.7. The van der Waals surface area contributed by atoms with E-state index in [9.17, 15) is 4.79 Å². The summed E-state index contributed by atoms with van der Waals surface area (Å²) in [7, 11) is 0. The van der Waals surface area contributed by atoms with Crippen LogP contribution in [0.4, 0.5) is 11.4 Å². The quantitative estimate of drug-likeness (QED) is 0.660. The summed E-state index contributed by atoms with van der Waals surface area (Å²) < 4.78 is 0.685. The van der Waals surface area contributed by atoms with Crippen molar-refractivity contribution in [1.82, 2.24) is 0 Å². The lowest BCUT2D eigenvalue weighted by Gasteiger charge is -2.05. The predicted octanol–water partition coefficient (Wildman–Crippen LogP) is 2.84. The van der Waals surface area contributed by atoms with Crippen molar-refractivity contribution in [2.75, 3.05) is 11.5 Å². The van der Waals surface area contributed by atoms with Gasteiger partial charge in [-0.1, -0.05) is 12.1 Å². The van der Waals surface area contributed by atoms with Gasteiger partial charge in [-0.15, -0.1) is 0 Å². The summed E-state index contributed by atoms with van der Waals surface area (Å²) in [5.41, 5.74) is 13.6. The van der Waals surface area contributed by atoms with Gasteiger partial charge in [-0.3, -0.25) is 4.79 Å². The van der Waals surface area contributed by atoms with Gasteiger partial charge in [0.15, 0.2) is 5.78 Å². The normalized spacial score (nSPS) is 10.2. The number of hydrogen-bond acceptors (Lipinski definition) is 3. The van der Waals surface area contributed by atoms with Crippen molar-refractivity contribution in [3.63, 3.8) is 0 Å². The Bertz CT molecular complexity index is 581. The van der Waals surface area contributed by atoms with Gasteiger partial charge in [0, 0.05) is 27.0 Å². The molecule has 0 fully saturated rings. The maximum absolute atomic E-state index is 12.2. The van der Waals surface area contributed by atoms with Crippen LogP contribution in [0, 0.1) is 0 Å². The summed E-state index contributed by atoms with van der Waals surface area (Å²) in [5.74, 6) is -0.0795. The van der Waals surface area contributed by atoms with Gasteiger partial charge >= 0.3 is 0 Å². The van der Waals surface area contributed by atoms with Crippen LogP contribution in [-0.2, 0) is 0 Å². The van der Waals surface area contributed by atoms with Crippen molar-refractivity contribution in [1.29, 1.82) is 0 Å². The minimum Gasteiger partial charge on any atom is -0.399 e. The molecule has 0 radical (unpaired) electrons. The highest BCUT2D eigenvalue weighted by Crippen LogP contribution is 2.23. The number of hydrogen-bond donors (Lipinski definition) is 2. The molecule has 4 N–H and O–H groups in total. The average Bonchev–Trinajstić information content (AvgIpc) is 2.28. The van der Waals surface area contributed by atoms with Crippen molar-refractivity contribution in [3.05, 3.63) is 58.1 Å². The zero-order valence-electron chi connectivity index (χ0n) is 8.98. The van der Waals surface area contributed by atoms with E-state index in [4.69, 9.17) is 11.5 Å². The molecule has 2 rings (SSSR count).